The third-order valence-electron chi connectivity index (χ3n) is 4.34. The number of aryl methyl sites for hydroxylation is 3. The maximum atomic E-state index is 12.6. The number of nitrogens with zero attached hydrogens (tertiary/aromatic N) is 1. The molecule has 1 saturated heterocycles. The van der Waals surface area contributed by atoms with E-state index >= 15 is 0 Å². The van der Waals surface area contributed by atoms with Crippen molar-refractivity contribution in [1.82, 2.24) is 5.32 Å². The second-order valence-electron chi connectivity index (χ2n) is 6.64. The van der Waals surface area contributed by atoms with E-state index in [4.69, 9.17) is 0 Å². The molecule has 0 spiro atoms. The Morgan fingerprint density at radius 2 is 1.64 bits per heavy atom. The first kappa shape index (κ1) is 17.0. The highest BCUT2D eigenvalue weighted by atomic mass is 16.2. The normalized spacial score (nSPS) is 16.8. The molecule has 2 N–H and O–H groups in total. The Balaban J connectivity index is 1.63. The van der Waals surface area contributed by atoms with Crippen LogP contribution in [0.2, 0.25) is 0 Å². The molecule has 0 aromatic heterocycles. The third-order valence-corrected chi connectivity index (χ3v) is 4.34. The van der Waals surface area contributed by atoms with E-state index in [9.17, 15) is 9.59 Å². The van der Waals surface area contributed by atoms with Gasteiger partial charge in [-0.25, -0.2) is 4.79 Å². The van der Waals surface area contributed by atoms with E-state index in [0.29, 0.717) is 18.7 Å². The van der Waals surface area contributed by atoms with Gasteiger partial charge in [0.2, 0.25) is 5.91 Å². The van der Waals surface area contributed by atoms with Crippen LogP contribution in [0.1, 0.15) is 23.1 Å². The molecule has 0 aliphatic carbocycles. The number of rotatable bonds is 3. The van der Waals surface area contributed by atoms with E-state index in [1.165, 1.54) is 0 Å². The highest BCUT2D eigenvalue weighted by Crippen LogP contribution is 2.24. The Kier molecular flexibility index (Phi) is 4.74. The van der Waals surface area contributed by atoms with Crippen molar-refractivity contribution in [3.8, 4) is 0 Å². The van der Waals surface area contributed by atoms with Crippen molar-refractivity contribution < 1.29 is 9.59 Å². The van der Waals surface area contributed by atoms with E-state index in [-0.39, 0.29) is 11.9 Å². The Labute approximate surface area is 148 Å². The standard InChI is InChI=1S/C20H23N3O2/c1-13-4-6-16(7-5-13)21-20(25)22-18-8-9-23(19(18)24)17-11-14(2)10-15(3)12-17/h4-7,10-12,18H,8-9H2,1-3H3,(H2,21,22,25)/t18-/m0/s1. The number of hydrogen-bond donors (Lipinski definition) is 2. The topological polar surface area (TPSA) is 61.4 Å². The van der Waals surface area contributed by atoms with Crippen LogP contribution in [0.15, 0.2) is 42.5 Å². The maximum Gasteiger partial charge on any atom is 0.319 e. The lowest BCUT2D eigenvalue weighted by Crippen LogP contribution is -2.43. The predicted octanol–water partition coefficient (Wildman–Crippen LogP) is 3.54. The van der Waals surface area contributed by atoms with Crippen molar-refractivity contribution in [2.75, 3.05) is 16.8 Å². The number of carbonyl (C=O) groups excluding carboxylic acids is 2. The second-order valence-corrected chi connectivity index (χ2v) is 6.64. The minimum Gasteiger partial charge on any atom is -0.326 e. The first-order valence-electron chi connectivity index (χ1n) is 8.46. The Morgan fingerprint density at radius 3 is 2.28 bits per heavy atom. The first-order chi connectivity index (χ1) is 11.9. The molecule has 5 nitrogen and oxygen atoms in total. The Hall–Kier alpha value is -2.82. The summed E-state index contributed by atoms with van der Waals surface area (Å²) in [6, 6.07) is 12.8. The van der Waals surface area contributed by atoms with Gasteiger partial charge in [-0.1, -0.05) is 23.8 Å². The van der Waals surface area contributed by atoms with Crippen LogP contribution in [0, 0.1) is 20.8 Å². The van der Waals surface area contributed by atoms with Crippen LogP contribution in [0.5, 0.6) is 0 Å². The van der Waals surface area contributed by atoms with E-state index in [1.54, 1.807) is 4.90 Å². The number of nitrogens with one attached hydrogen (secondary N) is 2. The van der Waals surface area contributed by atoms with Crippen molar-refractivity contribution in [3.63, 3.8) is 0 Å². The lowest BCUT2D eigenvalue weighted by Gasteiger charge is -2.18. The van der Waals surface area contributed by atoms with Crippen molar-refractivity contribution in [1.29, 1.82) is 0 Å². The predicted molar refractivity (Wildman–Crippen MR) is 100 cm³/mol. The fourth-order valence-corrected chi connectivity index (χ4v) is 3.14. The monoisotopic (exact) mass is 337 g/mol. The zero-order chi connectivity index (χ0) is 18.0. The van der Waals surface area contributed by atoms with Gasteiger partial charge in [-0.3, -0.25) is 4.79 Å². The largest absolute Gasteiger partial charge is 0.326 e. The Morgan fingerprint density at radius 1 is 1.00 bits per heavy atom. The number of carbonyl (C=O) groups is 2. The summed E-state index contributed by atoms with van der Waals surface area (Å²) in [5.74, 6) is -0.0657. The highest BCUT2D eigenvalue weighted by molar-refractivity contribution is 6.02. The molecule has 1 aliphatic heterocycles. The molecule has 0 bridgehead atoms. The van der Waals surface area contributed by atoms with E-state index in [2.05, 4.69) is 16.7 Å². The molecule has 25 heavy (non-hydrogen) atoms. The molecule has 1 heterocycles. The van der Waals surface area contributed by atoms with Gasteiger partial charge in [-0.15, -0.1) is 0 Å². The highest BCUT2D eigenvalue weighted by Gasteiger charge is 2.33. The van der Waals surface area contributed by atoms with E-state index < -0.39 is 6.04 Å². The van der Waals surface area contributed by atoms with Gasteiger partial charge < -0.3 is 15.5 Å². The van der Waals surface area contributed by atoms with Gasteiger partial charge in [-0.2, -0.15) is 0 Å². The van der Waals surface area contributed by atoms with Crippen LogP contribution in [-0.4, -0.2) is 24.5 Å². The van der Waals surface area contributed by atoms with Gasteiger partial charge in [-0.05, 0) is 62.6 Å². The number of benzene rings is 2. The summed E-state index contributed by atoms with van der Waals surface area (Å²) in [6.07, 6.45) is 0.604. The van der Waals surface area contributed by atoms with Gasteiger partial charge >= 0.3 is 6.03 Å². The van der Waals surface area contributed by atoms with Gasteiger partial charge in [0.1, 0.15) is 6.04 Å². The maximum absolute atomic E-state index is 12.6. The van der Waals surface area contributed by atoms with E-state index in [0.717, 1.165) is 22.4 Å². The minimum absolute atomic E-state index is 0.0657. The summed E-state index contributed by atoms with van der Waals surface area (Å²) in [4.78, 5) is 26.5. The molecule has 5 heteroatoms. The number of urea groups is 1. The smallest absolute Gasteiger partial charge is 0.319 e. The van der Waals surface area contributed by atoms with Crippen molar-refractivity contribution in [2.24, 2.45) is 0 Å². The summed E-state index contributed by atoms with van der Waals surface area (Å²) >= 11 is 0. The molecule has 2 aromatic rings. The fraction of sp³-hybridized carbons (Fsp3) is 0.300. The van der Waals surface area contributed by atoms with Crippen LogP contribution < -0.4 is 15.5 Å². The molecule has 1 fully saturated rings. The lowest BCUT2D eigenvalue weighted by molar-refractivity contribution is -0.118. The molecule has 1 aliphatic rings. The van der Waals surface area contributed by atoms with E-state index in [1.807, 2.05) is 57.2 Å². The van der Waals surface area contributed by atoms with Crippen LogP contribution in [0.4, 0.5) is 16.2 Å². The Bertz CT molecular complexity index is 779. The number of anilines is 2. The quantitative estimate of drug-likeness (QED) is 0.900. The molecule has 2 aromatic carbocycles. The summed E-state index contributed by atoms with van der Waals surface area (Å²) in [5, 5.41) is 5.55. The van der Waals surface area contributed by atoms with Crippen molar-refractivity contribution >= 4 is 23.3 Å². The summed E-state index contributed by atoms with van der Waals surface area (Å²) in [5.41, 5.74) is 4.97. The molecular weight excluding hydrogens is 314 g/mol. The zero-order valence-electron chi connectivity index (χ0n) is 14.8. The van der Waals surface area contributed by atoms with Crippen LogP contribution in [0.25, 0.3) is 0 Å². The summed E-state index contributed by atoms with van der Waals surface area (Å²) in [7, 11) is 0. The van der Waals surface area contributed by atoms with Gasteiger partial charge in [0.25, 0.3) is 0 Å². The molecule has 0 saturated carbocycles. The molecule has 0 radical (unpaired) electrons. The van der Waals surface area contributed by atoms with Gasteiger partial charge in [0.05, 0.1) is 0 Å². The number of amides is 3. The van der Waals surface area contributed by atoms with Crippen molar-refractivity contribution in [3.05, 3.63) is 59.2 Å². The van der Waals surface area contributed by atoms with Gasteiger partial charge in [0.15, 0.2) is 0 Å². The average Bonchev–Trinajstić information content (AvgIpc) is 2.89. The van der Waals surface area contributed by atoms with Gasteiger partial charge in [0, 0.05) is 17.9 Å². The molecule has 130 valence electrons. The second kappa shape index (κ2) is 6.97. The third kappa shape index (κ3) is 3.99. The van der Waals surface area contributed by atoms with Crippen LogP contribution in [-0.2, 0) is 4.79 Å². The SMILES string of the molecule is Cc1ccc(NC(=O)N[C@H]2CCN(c3cc(C)cc(C)c3)C2=O)cc1. The molecule has 0 unspecified atom stereocenters. The zero-order valence-corrected chi connectivity index (χ0v) is 14.8. The first-order valence-corrected chi connectivity index (χ1v) is 8.46. The van der Waals surface area contributed by atoms with Crippen molar-refractivity contribution in [2.45, 2.75) is 33.2 Å². The molecule has 1 atom stereocenters. The lowest BCUT2D eigenvalue weighted by atomic mass is 10.1. The summed E-state index contributed by atoms with van der Waals surface area (Å²) < 4.78 is 0. The molecular formula is C20H23N3O2. The minimum atomic E-state index is -0.494. The fourth-order valence-electron chi connectivity index (χ4n) is 3.14. The average molecular weight is 337 g/mol. The molecule has 3 rings (SSSR count). The summed E-state index contributed by atoms with van der Waals surface area (Å²) in [6.45, 7) is 6.63. The van der Waals surface area contributed by atoms with Crippen LogP contribution >= 0.6 is 0 Å². The number of hydrogen-bond acceptors (Lipinski definition) is 2. The molecule has 3 amide bonds. The van der Waals surface area contributed by atoms with Crippen LogP contribution in [0.3, 0.4) is 0 Å².